The number of hydrogen-bond donors (Lipinski definition) is 1. The van der Waals surface area contributed by atoms with Crippen LogP contribution in [-0.4, -0.2) is 36.4 Å². The molecule has 1 rings (SSSR count). The third-order valence-electron chi connectivity index (χ3n) is 3.46. The lowest BCUT2D eigenvalue weighted by Crippen LogP contribution is -2.38. The molecular formula is C15H26N2O2. The van der Waals surface area contributed by atoms with Crippen LogP contribution in [0.15, 0.2) is 18.3 Å². The van der Waals surface area contributed by atoms with Gasteiger partial charge in [-0.2, -0.15) is 0 Å². The van der Waals surface area contributed by atoms with Gasteiger partial charge in [0.1, 0.15) is 5.82 Å². The van der Waals surface area contributed by atoms with Crippen molar-refractivity contribution in [3.05, 3.63) is 23.9 Å². The summed E-state index contributed by atoms with van der Waals surface area (Å²) >= 11 is 0. The molecule has 0 fully saturated rings. The van der Waals surface area contributed by atoms with Crippen LogP contribution in [0.5, 0.6) is 0 Å². The van der Waals surface area contributed by atoms with Gasteiger partial charge in [-0.3, -0.25) is 0 Å². The molecule has 0 spiro atoms. The summed E-state index contributed by atoms with van der Waals surface area (Å²) in [5.74, 6) is 0.878. The Labute approximate surface area is 116 Å². The Morgan fingerprint density at radius 3 is 2.58 bits per heavy atom. The van der Waals surface area contributed by atoms with Crippen molar-refractivity contribution in [2.45, 2.75) is 45.8 Å². The SMILES string of the molecule is CCC(CC)N(CCOC)c1ncccc1[C@H](C)O. The minimum Gasteiger partial charge on any atom is -0.389 e. The van der Waals surface area contributed by atoms with Gasteiger partial charge in [0.2, 0.25) is 0 Å². The third-order valence-corrected chi connectivity index (χ3v) is 3.46. The van der Waals surface area contributed by atoms with E-state index in [1.54, 1.807) is 20.2 Å². The predicted molar refractivity (Wildman–Crippen MR) is 78.5 cm³/mol. The maximum absolute atomic E-state index is 9.91. The highest BCUT2D eigenvalue weighted by Crippen LogP contribution is 2.26. The van der Waals surface area contributed by atoms with Gasteiger partial charge in [-0.05, 0) is 25.8 Å². The minimum absolute atomic E-state index is 0.419. The van der Waals surface area contributed by atoms with E-state index in [-0.39, 0.29) is 0 Å². The number of rotatable bonds is 8. The summed E-state index contributed by atoms with van der Waals surface area (Å²) in [7, 11) is 1.71. The molecule has 0 amide bonds. The largest absolute Gasteiger partial charge is 0.389 e. The van der Waals surface area contributed by atoms with E-state index in [0.717, 1.165) is 30.8 Å². The van der Waals surface area contributed by atoms with E-state index < -0.39 is 6.10 Å². The molecular weight excluding hydrogens is 240 g/mol. The minimum atomic E-state index is -0.511. The zero-order valence-electron chi connectivity index (χ0n) is 12.5. The first-order valence-electron chi connectivity index (χ1n) is 7.04. The van der Waals surface area contributed by atoms with Crippen LogP contribution in [0.4, 0.5) is 5.82 Å². The summed E-state index contributed by atoms with van der Waals surface area (Å²) in [6, 6.07) is 4.23. The van der Waals surface area contributed by atoms with Gasteiger partial charge in [-0.25, -0.2) is 4.98 Å². The number of pyridine rings is 1. The van der Waals surface area contributed by atoms with Crippen LogP contribution in [0, 0.1) is 0 Å². The van der Waals surface area contributed by atoms with Crippen LogP contribution in [0.25, 0.3) is 0 Å². The maximum Gasteiger partial charge on any atom is 0.134 e. The second-order valence-electron chi connectivity index (χ2n) is 4.75. The third kappa shape index (κ3) is 4.18. The molecule has 0 unspecified atom stereocenters. The predicted octanol–water partition coefficient (Wildman–Crippen LogP) is 2.78. The number of anilines is 1. The molecule has 108 valence electrons. The van der Waals surface area contributed by atoms with E-state index in [0.29, 0.717) is 12.6 Å². The second kappa shape index (κ2) is 8.12. The normalized spacial score (nSPS) is 12.7. The van der Waals surface area contributed by atoms with Gasteiger partial charge in [-0.1, -0.05) is 19.9 Å². The summed E-state index contributed by atoms with van der Waals surface area (Å²) in [5, 5.41) is 9.91. The van der Waals surface area contributed by atoms with Crippen molar-refractivity contribution in [2.75, 3.05) is 25.2 Å². The Bertz CT molecular complexity index is 365. The fourth-order valence-electron chi connectivity index (χ4n) is 2.36. The van der Waals surface area contributed by atoms with Crippen molar-refractivity contribution in [3.8, 4) is 0 Å². The summed E-state index contributed by atoms with van der Waals surface area (Å²) in [6.07, 6.45) is 3.37. The zero-order chi connectivity index (χ0) is 14.3. The molecule has 0 aliphatic carbocycles. The van der Waals surface area contributed by atoms with E-state index >= 15 is 0 Å². The van der Waals surface area contributed by atoms with Gasteiger partial charge in [-0.15, -0.1) is 0 Å². The summed E-state index contributed by atoms with van der Waals surface area (Å²) in [4.78, 5) is 6.74. The average molecular weight is 266 g/mol. The summed E-state index contributed by atoms with van der Waals surface area (Å²) in [5.41, 5.74) is 0.880. The van der Waals surface area contributed by atoms with Crippen molar-refractivity contribution in [1.29, 1.82) is 0 Å². The highest BCUT2D eigenvalue weighted by atomic mass is 16.5. The van der Waals surface area contributed by atoms with Crippen molar-refractivity contribution < 1.29 is 9.84 Å². The number of hydrogen-bond acceptors (Lipinski definition) is 4. The Hall–Kier alpha value is -1.13. The molecule has 0 saturated carbocycles. The van der Waals surface area contributed by atoms with Gasteiger partial charge in [0, 0.05) is 31.5 Å². The molecule has 1 atom stereocenters. The number of aromatic nitrogens is 1. The van der Waals surface area contributed by atoms with Gasteiger partial charge in [0.15, 0.2) is 0 Å². The first kappa shape index (κ1) is 15.9. The van der Waals surface area contributed by atoms with Crippen molar-refractivity contribution in [1.82, 2.24) is 4.98 Å². The molecule has 1 aromatic heterocycles. The zero-order valence-corrected chi connectivity index (χ0v) is 12.5. The fraction of sp³-hybridized carbons (Fsp3) is 0.667. The topological polar surface area (TPSA) is 45.6 Å². The first-order chi connectivity index (χ1) is 9.15. The molecule has 1 aromatic rings. The number of aliphatic hydroxyl groups is 1. The lowest BCUT2D eigenvalue weighted by atomic mass is 10.1. The molecule has 0 aliphatic rings. The van der Waals surface area contributed by atoms with Gasteiger partial charge >= 0.3 is 0 Å². The maximum atomic E-state index is 9.91. The molecule has 0 saturated heterocycles. The Morgan fingerprint density at radius 2 is 2.05 bits per heavy atom. The molecule has 0 aromatic carbocycles. The quantitative estimate of drug-likeness (QED) is 0.786. The number of ether oxygens (including phenoxy) is 1. The van der Waals surface area contributed by atoms with Crippen LogP contribution in [-0.2, 0) is 4.74 Å². The average Bonchev–Trinajstić information content (AvgIpc) is 2.43. The Balaban J connectivity index is 3.08. The molecule has 0 bridgehead atoms. The van der Waals surface area contributed by atoms with Crippen LogP contribution < -0.4 is 4.90 Å². The number of aliphatic hydroxyl groups excluding tert-OH is 1. The Kier molecular flexibility index (Phi) is 6.81. The first-order valence-corrected chi connectivity index (χ1v) is 7.04. The van der Waals surface area contributed by atoms with E-state index in [1.165, 1.54) is 0 Å². The van der Waals surface area contributed by atoms with Gasteiger partial charge < -0.3 is 14.7 Å². The standard InChI is InChI=1S/C15H26N2O2/c1-5-13(6-2)17(10-11-19-4)15-14(12(3)18)8-7-9-16-15/h7-9,12-13,18H,5-6,10-11H2,1-4H3/t12-/m0/s1. The Morgan fingerprint density at radius 1 is 1.37 bits per heavy atom. The van der Waals surface area contributed by atoms with Crippen LogP contribution >= 0.6 is 0 Å². The van der Waals surface area contributed by atoms with Crippen LogP contribution in [0.1, 0.15) is 45.3 Å². The molecule has 0 radical (unpaired) electrons. The van der Waals surface area contributed by atoms with Crippen LogP contribution in [0.3, 0.4) is 0 Å². The highest BCUT2D eigenvalue weighted by Gasteiger charge is 2.21. The van der Waals surface area contributed by atoms with Crippen molar-refractivity contribution in [3.63, 3.8) is 0 Å². The highest BCUT2D eigenvalue weighted by molar-refractivity contribution is 5.48. The molecule has 4 heteroatoms. The fourth-order valence-corrected chi connectivity index (χ4v) is 2.36. The molecule has 1 N–H and O–H groups in total. The molecule has 19 heavy (non-hydrogen) atoms. The smallest absolute Gasteiger partial charge is 0.134 e. The van der Waals surface area contributed by atoms with Crippen molar-refractivity contribution >= 4 is 5.82 Å². The van der Waals surface area contributed by atoms with E-state index in [4.69, 9.17) is 4.74 Å². The lowest BCUT2D eigenvalue weighted by molar-refractivity contribution is 0.195. The second-order valence-corrected chi connectivity index (χ2v) is 4.75. The van der Waals surface area contributed by atoms with E-state index in [1.807, 2.05) is 12.1 Å². The van der Waals surface area contributed by atoms with Crippen LogP contribution in [0.2, 0.25) is 0 Å². The summed E-state index contributed by atoms with van der Waals surface area (Å²) in [6.45, 7) is 7.59. The molecule has 1 heterocycles. The molecule has 0 aliphatic heterocycles. The van der Waals surface area contributed by atoms with Crippen molar-refractivity contribution in [2.24, 2.45) is 0 Å². The number of methoxy groups -OCH3 is 1. The van der Waals surface area contributed by atoms with E-state index in [9.17, 15) is 5.11 Å². The lowest BCUT2D eigenvalue weighted by Gasteiger charge is -2.33. The van der Waals surface area contributed by atoms with Gasteiger partial charge in [0.05, 0.1) is 12.7 Å². The summed E-state index contributed by atoms with van der Waals surface area (Å²) < 4.78 is 5.20. The monoisotopic (exact) mass is 266 g/mol. The molecule has 4 nitrogen and oxygen atoms in total. The van der Waals surface area contributed by atoms with Gasteiger partial charge in [0.25, 0.3) is 0 Å². The van der Waals surface area contributed by atoms with E-state index in [2.05, 4.69) is 23.7 Å². The number of nitrogens with zero attached hydrogens (tertiary/aromatic N) is 2.